The number of hydrogen-bond acceptors (Lipinski definition) is 5. The summed E-state index contributed by atoms with van der Waals surface area (Å²) < 4.78 is 0. The number of Topliss-reactive ketones (excluding diaryl/α,β-unsaturated/α-hetero) is 1. The maximum Gasteiger partial charge on any atom is 0.335 e. The van der Waals surface area contributed by atoms with E-state index in [2.05, 4.69) is 95.9 Å². The largest absolute Gasteiger partial charge is 0.478 e. The molecular formula is C49H68ClN3O3. The number of nitrogens with one attached hydrogen (secondary N) is 1. The van der Waals surface area contributed by atoms with E-state index in [1.165, 1.54) is 36.0 Å². The molecule has 0 unspecified atom stereocenters. The second kappa shape index (κ2) is 15.1. The van der Waals surface area contributed by atoms with Crippen LogP contribution >= 0.6 is 11.6 Å². The summed E-state index contributed by atoms with van der Waals surface area (Å²) in [5.74, 6) is 1.26. The number of aromatic carboxylic acids is 1. The van der Waals surface area contributed by atoms with E-state index < -0.39 is 5.97 Å². The summed E-state index contributed by atoms with van der Waals surface area (Å²) in [4.78, 5) is 30.6. The molecule has 2 aromatic rings. The molecule has 0 amide bonds. The molecule has 0 heterocycles. The lowest BCUT2D eigenvalue weighted by Crippen LogP contribution is -2.66. The number of allylic oxidation sites excluding steroid dienone is 3. The molecular weight excluding hydrogens is 714 g/mol. The van der Waals surface area contributed by atoms with Gasteiger partial charge in [0.25, 0.3) is 0 Å². The lowest BCUT2D eigenvalue weighted by Gasteiger charge is -2.71. The molecule has 2 N–H and O–H groups in total. The van der Waals surface area contributed by atoms with Crippen molar-refractivity contribution in [1.82, 2.24) is 15.1 Å². The number of hydrogen-bond donors (Lipinski definition) is 2. The molecule has 0 bridgehead atoms. The number of halogens is 1. The Balaban J connectivity index is 1.16. The molecule has 304 valence electrons. The Hall–Kier alpha value is -2.77. The number of fused-ring (bicyclic) bond motifs is 7. The predicted octanol–water partition coefficient (Wildman–Crippen LogP) is 10.4. The predicted molar refractivity (Wildman–Crippen MR) is 230 cm³/mol. The van der Waals surface area contributed by atoms with Crippen molar-refractivity contribution in [3.8, 4) is 0 Å². The van der Waals surface area contributed by atoms with E-state index in [0.29, 0.717) is 35.5 Å². The zero-order valence-corrected chi connectivity index (χ0v) is 36.5. The van der Waals surface area contributed by atoms with E-state index in [0.717, 1.165) is 74.6 Å². The monoisotopic (exact) mass is 781 g/mol. The third-order valence-electron chi connectivity index (χ3n) is 16.5. The van der Waals surface area contributed by atoms with Crippen LogP contribution in [0.5, 0.6) is 0 Å². The number of benzene rings is 2. The number of ketones is 1. The van der Waals surface area contributed by atoms with E-state index >= 15 is 0 Å². The summed E-state index contributed by atoms with van der Waals surface area (Å²) in [5.41, 5.74) is 6.95. The van der Waals surface area contributed by atoms with Crippen molar-refractivity contribution in [3.05, 3.63) is 87.5 Å². The molecule has 7 heteroatoms. The third kappa shape index (κ3) is 6.86. The minimum Gasteiger partial charge on any atom is -0.478 e. The van der Waals surface area contributed by atoms with Crippen LogP contribution < -0.4 is 5.32 Å². The fraction of sp³-hybridized carbons (Fsp3) is 0.633. The van der Waals surface area contributed by atoms with Gasteiger partial charge < -0.3 is 15.3 Å². The average Bonchev–Trinajstić information content (AvgIpc) is 3.43. The van der Waals surface area contributed by atoms with E-state index in [1.54, 1.807) is 12.1 Å². The van der Waals surface area contributed by atoms with Gasteiger partial charge in [-0.15, -0.1) is 0 Å². The second-order valence-corrected chi connectivity index (χ2v) is 20.8. The molecule has 7 atom stereocenters. The van der Waals surface area contributed by atoms with Gasteiger partial charge in [0.1, 0.15) is 0 Å². The van der Waals surface area contributed by atoms with Gasteiger partial charge in [0, 0.05) is 49.7 Å². The van der Waals surface area contributed by atoms with Gasteiger partial charge in [-0.2, -0.15) is 0 Å². The van der Waals surface area contributed by atoms with Crippen LogP contribution in [-0.2, 0) is 11.3 Å². The summed E-state index contributed by atoms with van der Waals surface area (Å²) >= 11 is 6.23. The molecule has 3 fully saturated rings. The van der Waals surface area contributed by atoms with Gasteiger partial charge in [-0.3, -0.25) is 9.69 Å². The average molecular weight is 783 g/mol. The summed E-state index contributed by atoms with van der Waals surface area (Å²) in [6.45, 7) is 21.9. The maximum absolute atomic E-state index is 14.2. The molecule has 5 aliphatic rings. The van der Waals surface area contributed by atoms with Crippen LogP contribution in [-0.4, -0.2) is 72.5 Å². The van der Waals surface area contributed by atoms with Crippen molar-refractivity contribution in [2.75, 3.05) is 40.3 Å². The van der Waals surface area contributed by atoms with Crippen LogP contribution in [0.1, 0.15) is 121 Å². The van der Waals surface area contributed by atoms with E-state index in [9.17, 15) is 14.7 Å². The third-order valence-corrected chi connectivity index (χ3v) is 16.8. The highest BCUT2D eigenvalue weighted by Crippen LogP contribution is 2.76. The van der Waals surface area contributed by atoms with E-state index in [4.69, 9.17) is 11.6 Å². The smallest absolute Gasteiger partial charge is 0.335 e. The number of likely N-dealkylation sites (N-methyl/N-ethyl adjacent to an activating group) is 1. The zero-order valence-electron chi connectivity index (χ0n) is 35.7. The van der Waals surface area contributed by atoms with Crippen LogP contribution in [0.3, 0.4) is 0 Å². The molecule has 3 saturated carbocycles. The van der Waals surface area contributed by atoms with Crippen molar-refractivity contribution in [2.24, 2.45) is 45.3 Å². The molecule has 0 saturated heterocycles. The normalized spacial score (nSPS) is 33.6. The highest BCUT2D eigenvalue weighted by Gasteiger charge is 2.69. The van der Waals surface area contributed by atoms with Crippen molar-refractivity contribution in [3.63, 3.8) is 0 Å². The minimum absolute atomic E-state index is 0.0261. The standard InChI is InChI=1S/C49H68ClN3O3/c1-32(2)42-39(54)30-49(51-26-27-53(29-28-52(8)9)31-33-10-16-36(50)17-11-33)25-24-47(6)38(43(42)49)18-19-41-46(5)22-20-37(34-12-14-35(15-13-34)44(55)56)45(3,4)40(46)21-23-48(41,47)7/h10-17,20,32,38,40-41,51H,18-19,21-31H2,1-9H3,(H,55,56)/t38-,40+,41-,46+,47-,48-,49-/m1/s1. The number of carboxylic acids is 1. The van der Waals surface area contributed by atoms with Crippen LogP contribution in [0.2, 0.25) is 5.02 Å². The number of carboxylic acid groups (broad SMARTS) is 1. The quantitative estimate of drug-likeness (QED) is 0.223. The van der Waals surface area contributed by atoms with Crippen molar-refractivity contribution >= 4 is 28.9 Å². The molecule has 6 nitrogen and oxygen atoms in total. The van der Waals surface area contributed by atoms with Crippen LogP contribution in [0, 0.1) is 45.3 Å². The maximum atomic E-state index is 14.2. The topological polar surface area (TPSA) is 72.9 Å². The van der Waals surface area contributed by atoms with Gasteiger partial charge in [0.15, 0.2) is 5.78 Å². The van der Waals surface area contributed by atoms with Crippen molar-refractivity contribution < 1.29 is 14.7 Å². The molecule has 7 rings (SSSR count). The number of carbonyl (C=O) groups is 2. The molecule has 0 radical (unpaired) electrons. The summed E-state index contributed by atoms with van der Waals surface area (Å²) in [6.07, 6.45) is 11.1. The Morgan fingerprint density at radius 1 is 0.875 bits per heavy atom. The Kier molecular flexibility index (Phi) is 11.2. The lowest BCUT2D eigenvalue weighted by atomic mass is 9.33. The summed E-state index contributed by atoms with van der Waals surface area (Å²) in [7, 11) is 4.28. The van der Waals surface area contributed by atoms with Crippen LogP contribution in [0.25, 0.3) is 5.57 Å². The number of carbonyl (C=O) groups excluding carboxylic acids is 1. The fourth-order valence-corrected chi connectivity index (χ4v) is 13.8. The van der Waals surface area contributed by atoms with E-state index in [1.807, 2.05) is 24.3 Å². The first-order chi connectivity index (χ1) is 26.4. The zero-order chi connectivity index (χ0) is 40.4. The first-order valence-electron chi connectivity index (χ1n) is 21.5. The highest BCUT2D eigenvalue weighted by molar-refractivity contribution is 6.30. The number of rotatable bonds is 12. The van der Waals surface area contributed by atoms with Gasteiger partial charge in [0.2, 0.25) is 0 Å². The fourth-order valence-electron chi connectivity index (χ4n) is 13.6. The van der Waals surface area contributed by atoms with Crippen LogP contribution in [0.4, 0.5) is 0 Å². The second-order valence-electron chi connectivity index (χ2n) is 20.3. The van der Waals surface area contributed by atoms with Gasteiger partial charge in [0.05, 0.1) is 5.56 Å². The Morgan fingerprint density at radius 3 is 2.21 bits per heavy atom. The Labute approximate surface area is 342 Å². The first-order valence-corrected chi connectivity index (χ1v) is 21.9. The van der Waals surface area contributed by atoms with Crippen LogP contribution in [0.15, 0.2) is 65.8 Å². The van der Waals surface area contributed by atoms with Gasteiger partial charge in [-0.1, -0.05) is 90.4 Å². The highest BCUT2D eigenvalue weighted by atomic mass is 35.5. The number of nitrogens with zero attached hydrogens (tertiary/aromatic N) is 2. The Bertz CT molecular complexity index is 1880. The van der Waals surface area contributed by atoms with Crippen molar-refractivity contribution in [1.29, 1.82) is 0 Å². The molecule has 2 aromatic carbocycles. The summed E-state index contributed by atoms with van der Waals surface area (Å²) in [6, 6.07) is 15.8. The molecule has 56 heavy (non-hydrogen) atoms. The van der Waals surface area contributed by atoms with Gasteiger partial charge in [-0.05, 0) is 156 Å². The van der Waals surface area contributed by atoms with Gasteiger partial charge in [-0.25, -0.2) is 4.79 Å². The lowest BCUT2D eigenvalue weighted by molar-refractivity contribution is -0.194. The summed E-state index contributed by atoms with van der Waals surface area (Å²) in [5, 5.41) is 14.5. The Morgan fingerprint density at radius 2 is 1.57 bits per heavy atom. The SMILES string of the molecule is CC(C)C1=C2[C@H]3CC[C@@H]4[C@@]5(C)CC=C(c6ccc(C(=O)O)cc6)C(C)(C)[C@@H]5CC[C@@]4(C)[C@]3(C)CC[C@@]2(NCCN(CCN(C)C)Cc2ccc(Cl)cc2)CC1=O. The molecule has 0 aliphatic heterocycles. The molecule has 0 aromatic heterocycles. The van der Waals surface area contributed by atoms with Gasteiger partial charge >= 0.3 is 5.97 Å². The molecule has 5 aliphatic carbocycles. The van der Waals surface area contributed by atoms with Crippen molar-refractivity contribution in [2.45, 2.75) is 112 Å². The van der Waals surface area contributed by atoms with E-state index in [-0.39, 0.29) is 33.1 Å². The minimum atomic E-state index is -0.877. The molecule has 0 spiro atoms. The first kappa shape index (κ1) is 41.4.